The highest BCUT2D eigenvalue weighted by atomic mass is 16.4. The smallest absolute Gasteiger partial charge is 0.233 e. The molecule has 0 bridgehead atoms. The van der Waals surface area contributed by atoms with Crippen molar-refractivity contribution < 1.29 is 4.42 Å². The second-order valence-electron chi connectivity index (χ2n) is 4.94. The molecule has 1 atom stereocenters. The minimum Gasteiger partial charge on any atom is -0.424 e. The van der Waals surface area contributed by atoms with Crippen LogP contribution in [0.4, 0.5) is 0 Å². The summed E-state index contributed by atoms with van der Waals surface area (Å²) in [7, 11) is 0. The zero-order valence-corrected chi connectivity index (χ0v) is 11.4. The fraction of sp³-hybridized carbons (Fsp3) is 0.400. The number of fused-ring (bicyclic) bond motifs is 1. The highest BCUT2D eigenvalue weighted by Gasteiger charge is 2.30. The Hall–Kier alpha value is -2.19. The summed E-state index contributed by atoms with van der Waals surface area (Å²) in [5.74, 6) is 1.27. The van der Waals surface area contributed by atoms with Gasteiger partial charge in [-0.15, -0.1) is 10.2 Å². The van der Waals surface area contributed by atoms with Gasteiger partial charge in [-0.25, -0.2) is 0 Å². The fourth-order valence-electron chi connectivity index (χ4n) is 2.62. The summed E-state index contributed by atoms with van der Waals surface area (Å²) in [5, 5.41) is 17.2. The van der Waals surface area contributed by atoms with Crippen LogP contribution in [-0.4, -0.2) is 21.6 Å². The Morgan fingerprint density at radius 2 is 2.15 bits per heavy atom. The maximum atomic E-state index is 9.02. The molecule has 5 nitrogen and oxygen atoms in total. The van der Waals surface area contributed by atoms with Crippen LogP contribution in [0, 0.1) is 11.3 Å². The maximum absolute atomic E-state index is 9.02. The van der Waals surface area contributed by atoms with Gasteiger partial charge in [0.1, 0.15) is 0 Å². The van der Waals surface area contributed by atoms with Crippen molar-refractivity contribution in [3.8, 4) is 6.07 Å². The standard InChI is InChI=1S/C15H16N4O/c1-2-14-17-18-15(20-14)13-9-11-5-3-4-6-12(11)10-19(13)8-7-16/h3-6,13H,2,8-10H2,1H3. The number of aryl methyl sites for hydroxylation is 1. The molecule has 5 heteroatoms. The molecule has 1 aromatic carbocycles. The predicted molar refractivity (Wildman–Crippen MR) is 72.6 cm³/mol. The molecule has 0 N–H and O–H groups in total. The number of nitrogens with zero attached hydrogens (tertiary/aromatic N) is 4. The maximum Gasteiger partial charge on any atom is 0.233 e. The van der Waals surface area contributed by atoms with Crippen molar-refractivity contribution in [3.63, 3.8) is 0 Å². The Balaban J connectivity index is 1.93. The van der Waals surface area contributed by atoms with Crippen molar-refractivity contribution in [2.75, 3.05) is 6.54 Å². The average Bonchev–Trinajstić information content (AvgIpc) is 2.95. The van der Waals surface area contributed by atoms with Crippen LogP contribution in [0.15, 0.2) is 28.7 Å². The quantitative estimate of drug-likeness (QED) is 0.799. The molecule has 1 unspecified atom stereocenters. The summed E-state index contributed by atoms with van der Waals surface area (Å²) in [6.45, 7) is 3.10. The van der Waals surface area contributed by atoms with Gasteiger partial charge in [0.2, 0.25) is 11.8 Å². The van der Waals surface area contributed by atoms with Crippen molar-refractivity contribution >= 4 is 0 Å². The van der Waals surface area contributed by atoms with Gasteiger partial charge in [-0.05, 0) is 17.5 Å². The number of benzene rings is 1. The Morgan fingerprint density at radius 1 is 1.35 bits per heavy atom. The summed E-state index contributed by atoms with van der Waals surface area (Å²) in [5.41, 5.74) is 2.57. The van der Waals surface area contributed by atoms with Gasteiger partial charge in [0.25, 0.3) is 0 Å². The van der Waals surface area contributed by atoms with E-state index >= 15 is 0 Å². The van der Waals surface area contributed by atoms with Crippen LogP contribution in [0.1, 0.15) is 35.9 Å². The van der Waals surface area contributed by atoms with Gasteiger partial charge < -0.3 is 4.42 Å². The number of rotatable bonds is 3. The summed E-state index contributed by atoms with van der Waals surface area (Å²) >= 11 is 0. The number of hydrogen-bond acceptors (Lipinski definition) is 5. The molecule has 0 saturated heterocycles. The zero-order chi connectivity index (χ0) is 13.9. The molecule has 0 saturated carbocycles. The number of aromatic nitrogens is 2. The lowest BCUT2D eigenvalue weighted by atomic mass is 9.94. The molecular formula is C15H16N4O. The van der Waals surface area contributed by atoms with Crippen LogP contribution >= 0.6 is 0 Å². The first-order valence-electron chi connectivity index (χ1n) is 6.82. The second-order valence-corrected chi connectivity index (χ2v) is 4.94. The lowest BCUT2D eigenvalue weighted by Crippen LogP contribution is -2.34. The van der Waals surface area contributed by atoms with Crippen molar-refractivity contribution in [2.24, 2.45) is 0 Å². The Kier molecular flexibility index (Phi) is 3.48. The molecule has 0 aliphatic carbocycles. The number of nitriles is 1. The molecule has 0 fully saturated rings. The van der Waals surface area contributed by atoms with Gasteiger partial charge in [0, 0.05) is 13.0 Å². The van der Waals surface area contributed by atoms with E-state index in [1.54, 1.807) is 0 Å². The lowest BCUT2D eigenvalue weighted by molar-refractivity contribution is 0.164. The van der Waals surface area contributed by atoms with Crippen LogP contribution in [0.2, 0.25) is 0 Å². The minimum absolute atomic E-state index is 0.00245. The van der Waals surface area contributed by atoms with E-state index in [1.165, 1.54) is 11.1 Å². The molecular weight excluding hydrogens is 252 g/mol. The first kappa shape index (κ1) is 12.8. The molecule has 20 heavy (non-hydrogen) atoms. The highest BCUT2D eigenvalue weighted by molar-refractivity contribution is 5.31. The second kappa shape index (κ2) is 5.43. The fourth-order valence-corrected chi connectivity index (χ4v) is 2.62. The van der Waals surface area contributed by atoms with Gasteiger partial charge in [0.15, 0.2) is 0 Å². The lowest BCUT2D eigenvalue weighted by Gasteiger charge is -2.33. The normalized spacial score (nSPS) is 18.5. The summed E-state index contributed by atoms with van der Waals surface area (Å²) in [4.78, 5) is 2.09. The zero-order valence-electron chi connectivity index (χ0n) is 11.4. The van der Waals surface area contributed by atoms with E-state index in [2.05, 4.69) is 33.3 Å². The van der Waals surface area contributed by atoms with E-state index in [9.17, 15) is 0 Å². The largest absolute Gasteiger partial charge is 0.424 e. The summed E-state index contributed by atoms with van der Waals surface area (Å²) in [6.07, 6.45) is 1.54. The molecule has 1 aromatic heterocycles. The number of hydrogen-bond donors (Lipinski definition) is 0. The van der Waals surface area contributed by atoms with E-state index in [-0.39, 0.29) is 6.04 Å². The van der Waals surface area contributed by atoms with Crippen molar-refractivity contribution in [3.05, 3.63) is 47.2 Å². The Labute approximate surface area is 117 Å². The third kappa shape index (κ3) is 2.30. The minimum atomic E-state index is -0.00245. The molecule has 0 radical (unpaired) electrons. The molecule has 3 rings (SSSR count). The van der Waals surface area contributed by atoms with Crippen molar-refractivity contribution in [2.45, 2.75) is 32.4 Å². The summed E-state index contributed by atoms with van der Waals surface area (Å²) < 4.78 is 5.69. The van der Waals surface area contributed by atoms with Gasteiger partial charge in [-0.3, -0.25) is 4.90 Å². The Bertz CT molecular complexity index is 643. The van der Waals surface area contributed by atoms with Crippen LogP contribution in [-0.2, 0) is 19.4 Å². The van der Waals surface area contributed by atoms with E-state index < -0.39 is 0 Å². The molecule has 1 aliphatic heterocycles. The average molecular weight is 268 g/mol. The van der Waals surface area contributed by atoms with Crippen LogP contribution < -0.4 is 0 Å². The summed E-state index contributed by atoms with van der Waals surface area (Å²) in [6, 6.07) is 10.5. The van der Waals surface area contributed by atoms with Crippen LogP contribution in [0.3, 0.4) is 0 Å². The van der Waals surface area contributed by atoms with Crippen LogP contribution in [0.25, 0.3) is 0 Å². The van der Waals surface area contributed by atoms with E-state index in [0.29, 0.717) is 18.3 Å². The van der Waals surface area contributed by atoms with Crippen molar-refractivity contribution in [1.29, 1.82) is 5.26 Å². The van der Waals surface area contributed by atoms with Crippen molar-refractivity contribution in [1.82, 2.24) is 15.1 Å². The van der Waals surface area contributed by atoms with Gasteiger partial charge in [-0.1, -0.05) is 31.2 Å². The molecule has 0 spiro atoms. The topological polar surface area (TPSA) is 66.0 Å². The SMILES string of the molecule is CCc1nnc(C2Cc3ccccc3CN2CC#N)o1. The predicted octanol–water partition coefficient (Wildman–Crippen LogP) is 2.25. The monoisotopic (exact) mass is 268 g/mol. The first-order chi connectivity index (χ1) is 9.81. The molecule has 1 aliphatic rings. The van der Waals surface area contributed by atoms with Gasteiger partial charge in [-0.2, -0.15) is 5.26 Å². The third-order valence-electron chi connectivity index (χ3n) is 3.69. The van der Waals surface area contributed by atoms with E-state index in [1.807, 2.05) is 19.1 Å². The molecule has 2 heterocycles. The highest BCUT2D eigenvalue weighted by Crippen LogP contribution is 2.32. The van der Waals surface area contributed by atoms with E-state index in [4.69, 9.17) is 9.68 Å². The molecule has 0 amide bonds. The van der Waals surface area contributed by atoms with Crippen LogP contribution in [0.5, 0.6) is 0 Å². The molecule has 2 aromatic rings. The van der Waals surface area contributed by atoms with E-state index in [0.717, 1.165) is 19.4 Å². The third-order valence-corrected chi connectivity index (χ3v) is 3.69. The Morgan fingerprint density at radius 3 is 2.85 bits per heavy atom. The first-order valence-corrected chi connectivity index (χ1v) is 6.82. The van der Waals surface area contributed by atoms with Gasteiger partial charge >= 0.3 is 0 Å². The molecule has 102 valence electrons. The van der Waals surface area contributed by atoms with Gasteiger partial charge in [0.05, 0.1) is 18.7 Å².